The topological polar surface area (TPSA) is 36.4 Å². The third kappa shape index (κ3) is 4.29. The van der Waals surface area contributed by atoms with Gasteiger partial charge in [-0.3, -0.25) is 9.78 Å². The molecule has 1 aliphatic rings. The van der Waals surface area contributed by atoms with Crippen molar-refractivity contribution in [3.05, 3.63) is 83.3 Å². The van der Waals surface area contributed by atoms with Gasteiger partial charge < -0.3 is 9.80 Å². The van der Waals surface area contributed by atoms with E-state index in [2.05, 4.69) is 9.88 Å². The maximum Gasteiger partial charge on any atom is 0.253 e. The van der Waals surface area contributed by atoms with E-state index in [0.29, 0.717) is 18.7 Å². The number of amides is 1. The molecule has 2 aromatic carbocycles. The summed E-state index contributed by atoms with van der Waals surface area (Å²) in [4.78, 5) is 21.7. The lowest BCUT2D eigenvalue weighted by molar-refractivity contribution is 0.0747. The van der Waals surface area contributed by atoms with Crippen LogP contribution >= 0.6 is 0 Å². The second kappa shape index (κ2) is 8.03. The first kappa shape index (κ1) is 19.1. The molecule has 0 saturated carbocycles. The van der Waals surface area contributed by atoms with E-state index in [1.54, 1.807) is 12.1 Å². The molecule has 0 spiro atoms. The molecule has 4 rings (SSSR count). The summed E-state index contributed by atoms with van der Waals surface area (Å²) in [6.07, 6.45) is 0. The Hall–Kier alpha value is -3.21. The Balaban J connectivity index is 1.47. The predicted molar refractivity (Wildman–Crippen MR) is 114 cm³/mol. The summed E-state index contributed by atoms with van der Waals surface area (Å²) >= 11 is 0. The Morgan fingerprint density at radius 3 is 2.34 bits per heavy atom. The minimum absolute atomic E-state index is 0.0370. The van der Waals surface area contributed by atoms with Gasteiger partial charge in [0.2, 0.25) is 0 Å². The van der Waals surface area contributed by atoms with Crippen molar-refractivity contribution in [2.24, 2.45) is 0 Å². The van der Waals surface area contributed by atoms with E-state index in [0.717, 1.165) is 41.3 Å². The minimum Gasteiger partial charge on any atom is -0.368 e. The van der Waals surface area contributed by atoms with Gasteiger partial charge in [-0.1, -0.05) is 12.1 Å². The molecule has 2 heterocycles. The molecular formula is C24H24FN3O. The van der Waals surface area contributed by atoms with Crippen LogP contribution in [0.4, 0.5) is 10.1 Å². The van der Waals surface area contributed by atoms with E-state index >= 15 is 0 Å². The molecule has 0 atom stereocenters. The molecule has 0 radical (unpaired) electrons. The lowest BCUT2D eigenvalue weighted by Crippen LogP contribution is -2.48. The fourth-order valence-corrected chi connectivity index (χ4v) is 3.80. The Bertz CT molecular complexity index is 1000. The van der Waals surface area contributed by atoms with Crippen LogP contribution in [-0.4, -0.2) is 42.0 Å². The first-order valence-corrected chi connectivity index (χ1v) is 9.85. The number of hydrogen-bond acceptors (Lipinski definition) is 3. The van der Waals surface area contributed by atoms with Gasteiger partial charge in [0.05, 0.1) is 5.69 Å². The van der Waals surface area contributed by atoms with E-state index in [9.17, 15) is 9.18 Å². The van der Waals surface area contributed by atoms with Crippen LogP contribution in [0.5, 0.6) is 0 Å². The second-order valence-corrected chi connectivity index (χ2v) is 7.51. The molecule has 5 heteroatoms. The molecule has 0 N–H and O–H groups in total. The predicted octanol–water partition coefficient (Wildman–Crippen LogP) is 4.47. The largest absolute Gasteiger partial charge is 0.368 e. The smallest absolute Gasteiger partial charge is 0.253 e. The van der Waals surface area contributed by atoms with Gasteiger partial charge in [-0.25, -0.2) is 4.39 Å². The van der Waals surface area contributed by atoms with Crippen molar-refractivity contribution in [1.82, 2.24) is 9.88 Å². The lowest BCUT2D eigenvalue weighted by Gasteiger charge is -2.36. The Morgan fingerprint density at radius 2 is 1.66 bits per heavy atom. The minimum atomic E-state index is -0.235. The van der Waals surface area contributed by atoms with Crippen molar-refractivity contribution in [1.29, 1.82) is 0 Å². The fraction of sp³-hybridized carbons (Fsp3) is 0.250. The molecule has 1 aromatic heterocycles. The Morgan fingerprint density at radius 1 is 0.931 bits per heavy atom. The Labute approximate surface area is 170 Å². The number of carbonyl (C=O) groups excluding carboxylic acids is 1. The van der Waals surface area contributed by atoms with Gasteiger partial charge in [-0.2, -0.15) is 0 Å². The SMILES string of the molecule is Cc1cc(C)nc(-c2cccc(C(=O)N3CCN(c4ccc(F)cc4)CC3)c2)c1. The molecule has 0 unspecified atom stereocenters. The molecule has 1 fully saturated rings. The number of rotatable bonds is 3. The number of pyridine rings is 1. The van der Waals surface area contributed by atoms with Crippen LogP contribution in [0.3, 0.4) is 0 Å². The van der Waals surface area contributed by atoms with Gasteiger partial charge in [0.1, 0.15) is 5.82 Å². The van der Waals surface area contributed by atoms with Crippen LogP contribution in [0.1, 0.15) is 21.6 Å². The number of aromatic nitrogens is 1. The van der Waals surface area contributed by atoms with E-state index in [1.165, 1.54) is 12.1 Å². The van der Waals surface area contributed by atoms with Crippen LogP contribution in [0.2, 0.25) is 0 Å². The highest BCUT2D eigenvalue weighted by molar-refractivity contribution is 5.95. The highest BCUT2D eigenvalue weighted by atomic mass is 19.1. The van der Waals surface area contributed by atoms with Crippen LogP contribution < -0.4 is 4.90 Å². The van der Waals surface area contributed by atoms with Crippen molar-refractivity contribution >= 4 is 11.6 Å². The van der Waals surface area contributed by atoms with Gasteiger partial charge in [0.15, 0.2) is 0 Å². The molecule has 0 bridgehead atoms. The van der Waals surface area contributed by atoms with Gasteiger partial charge in [0, 0.05) is 48.7 Å². The highest BCUT2D eigenvalue weighted by Crippen LogP contribution is 2.22. The normalized spacial score (nSPS) is 14.2. The van der Waals surface area contributed by atoms with Gasteiger partial charge in [-0.15, -0.1) is 0 Å². The average Bonchev–Trinajstić information content (AvgIpc) is 2.73. The number of anilines is 1. The summed E-state index contributed by atoms with van der Waals surface area (Å²) in [6.45, 7) is 6.77. The number of benzene rings is 2. The summed E-state index contributed by atoms with van der Waals surface area (Å²) in [7, 11) is 0. The van der Waals surface area contributed by atoms with Gasteiger partial charge in [-0.05, 0) is 67.9 Å². The first-order chi connectivity index (χ1) is 14.0. The zero-order valence-electron chi connectivity index (χ0n) is 16.7. The maximum absolute atomic E-state index is 13.1. The van der Waals surface area contributed by atoms with Crippen LogP contribution in [-0.2, 0) is 0 Å². The molecule has 29 heavy (non-hydrogen) atoms. The van der Waals surface area contributed by atoms with Crippen molar-refractivity contribution in [2.75, 3.05) is 31.1 Å². The number of halogens is 1. The third-order valence-corrected chi connectivity index (χ3v) is 5.26. The summed E-state index contributed by atoms with van der Waals surface area (Å²) in [5.41, 5.74) is 5.63. The fourth-order valence-electron chi connectivity index (χ4n) is 3.80. The van der Waals surface area contributed by atoms with Crippen molar-refractivity contribution in [2.45, 2.75) is 13.8 Å². The zero-order valence-corrected chi connectivity index (χ0v) is 16.7. The standard InChI is InChI=1S/C24H24FN3O/c1-17-14-18(2)26-23(15-17)19-4-3-5-20(16-19)24(29)28-12-10-27(11-13-28)22-8-6-21(25)7-9-22/h3-9,14-16H,10-13H2,1-2H3. The molecule has 1 aliphatic heterocycles. The first-order valence-electron chi connectivity index (χ1n) is 9.85. The number of aryl methyl sites for hydroxylation is 2. The van der Waals surface area contributed by atoms with Crippen molar-refractivity contribution in [3.8, 4) is 11.3 Å². The number of hydrogen-bond donors (Lipinski definition) is 0. The number of piperazine rings is 1. The molecule has 0 aliphatic carbocycles. The van der Waals surface area contributed by atoms with E-state index in [1.807, 2.05) is 55.1 Å². The van der Waals surface area contributed by atoms with E-state index in [4.69, 9.17) is 0 Å². The Kier molecular flexibility index (Phi) is 5.30. The highest BCUT2D eigenvalue weighted by Gasteiger charge is 2.22. The third-order valence-electron chi connectivity index (χ3n) is 5.26. The zero-order chi connectivity index (χ0) is 20.4. The van der Waals surface area contributed by atoms with Gasteiger partial charge in [0.25, 0.3) is 5.91 Å². The van der Waals surface area contributed by atoms with E-state index in [-0.39, 0.29) is 11.7 Å². The summed E-state index contributed by atoms with van der Waals surface area (Å²) in [5.74, 6) is -0.198. The molecule has 3 aromatic rings. The molecule has 148 valence electrons. The summed E-state index contributed by atoms with van der Waals surface area (Å²) in [6, 6.07) is 18.3. The second-order valence-electron chi connectivity index (χ2n) is 7.51. The molecule has 1 amide bonds. The molecular weight excluding hydrogens is 365 g/mol. The molecule has 4 nitrogen and oxygen atoms in total. The van der Waals surface area contributed by atoms with Crippen LogP contribution in [0.25, 0.3) is 11.3 Å². The monoisotopic (exact) mass is 389 g/mol. The number of nitrogens with zero attached hydrogens (tertiary/aromatic N) is 3. The van der Waals surface area contributed by atoms with Crippen LogP contribution in [0.15, 0.2) is 60.7 Å². The van der Waals surface area contributed by atoms with Crippen molar-refractivity contribution in [3.63, 3.8) is 0 Å². The van der Waals surface area contributed by atoms with Gasteiger partial charge >= 0.3 is 0 Å². The number of carbonyl (C=O) groups is 1. The van der Waals surface area contributed by atoms with Crippen molar-refractivity contribution < 1.29 is 9.18 Å². The maximum atomic E-state index is 13.1. The molecule has 1 saturated heterocycles. The quantitative estimate of drug-likeness (QED) is 0.663. The average molecular weight is 389 g/mol. The van der Waals surface area contributed by atoms with E-state index < -0.39 is 0 Å². The summed E-state index contributed by atoms with van der Waals surface area (Å²) < 4.78 is 13.1. The lowest BCUT2D eigenvalue weighted by atomic mass is 10.0. The van der Waals surface area contributed by atoms with Crippen LogP contribution in [0, 0.1) is 19.7 Å². The summed E-state index contributed by atoms with van der Waals surface area (Å²) in [5, 5.41) is 0.